The standard InChI is InChI=1S/C10H6Cl2N2O/c11-7-1-3-8(4-2-7)14-10(6-15)9(12)5-13-14/h1-6H. The zero-order valence-electron chi connectivity index (χ0n) is 7.52. The second-order valence-corrected chi connectivity index (χ2v) is 3.73. The lowest BCUT2D eigenvalue weighted by molar-refractivity contribution is 0.111. The molecule has 2 aromatic rings. The first-order valence-corrected chi connectivity index (χ1v) is 4.92. The molecule has 0 fully saturated rings. The largest absolute Gasteiger partial charge is 0.296 e. The Bertz CT molecular complexity index is 491. The number of aromatic nitrogens is 2. The monoisotopic (exact) mass is 240 g/mol. The van der Waals surface area contributed by atoms with Crippen LogP contribution in [0.4, 0.5) is 0 Å². The molecule has 5 heteroatoms. The van der Waals surface area contributed by atoms with Gasteiger partial charge in [0, 0.05) is 5.02 Å². The van der Waals surface area contributed by atoms with Crippen LogP contribution in [0.2, 0.25) is 10.0 Å². The lowest BCUT2D eigenvalue weighted by Crippen LogP contribution is -2.00. The highest BCUT2D eigenvalue weighted by Crippen LogP contribution is 2.18. The summed E-state index contributed by atoms with van der Waals surface area (Å²) < 4.78 is 1.46. The van der Waals surface area contributed by atoms with Crippen molar-refractivity contribution < 1.29 is 4.79 Å². The van der Waals surface area contributed by atoms with Gasteiger partial charge in [0.15, 0.2) is 6.29 Å². The average molecular weight is 241 g/mol. The summed E-state index contributed by atoms with van der Waals surface area (Å²) >= 11 is 11.5. The molecule has 1 aromatic heterocycles. The van der Waals surface area contributed by atoms with Gasteiger partial charge in [-0.25, -0.2) is 4.68 Å². The maximum absolute atomic E-state index is 10.8. The van der Waals surface area contributed by atoms with Crippen LogP contribution in [0.25, 0.3) is 5.69 Å². The Hall–Kier alpha value is -1.32. The van der Waals surface area contributed by atoms with E-state index in [1.165, 1.54) is 10.9 Å². The third-order valence-corrected chi connectivity index (χ3v) is 2.49. The van der Waals surface area contributed by atoms with Gasteiger partial charge in [0.05, 0.1) is 16.9 Å². The van der Waals surface area contributed by atoms with Crippen LogP contribution in [0.1, 0.15) is 10.5 Å². The van der Waals surface area contributed by atoms with Gasteiger partial charge in [0.25, 0.3) is 0 Å². The van der Waals surface area contributed by atoms with Gasteiger partial charge in [-0.1, -0.05) is 23.2 Å². The highest BCUT2D eigenvalue weighted by atomic mass is 35.5. The Morgan fingerprint density at radius 3 is 2.47 bits per heavy atom. The molecule has 0 amide bonds. The molecule has 0 saturated carbocycles. The molecule has 0 spiro atoms. The Morgan fingerprint density at radius 2 is 1.87 bits per heavy atom. The molecule has 1 aromatic carbocycles. The molecule has 0 aliphatic heterocycles. The second kappa shape index (κ2) is 4.04. The summed E-state index contributed by atoms with van der Waals surface area (Å²) in [6.45, 7) is 0. The van der Waals surface area contributed by atoms with Crippen molar-refractivity contribution in [1.29, 1.82) is 0 Å². The summed E-state index contributed by atoms with van der Waals surface area (Å²) in [5, 5.41) is 4.96. The van der Waals surface area contributed by atoms with E-state index in [2.05, 4.69) is 5.10 Å². The Balaban J connectivity index is 2.53. The Kier molecular flexibility index (Phi) is 2.75. The normalized spacial score (nSPS) is 10.3. The lowest BCUT2D eigenvalue weighted by Gasteiger charge is -2.02. The van der Waals surface area contributed by atoms with E-state index in [0.717, 1.165) is 5.69 Å². The van der Waals surface area contributed by atoms with Crippen LogP contribution in [0.15, 0.2) is 30.5 Å². The molecule has 2 rings (SSSR count). The summed E-state index contributed by atoms with van der Waals surface area (Å²) in [6, 6.07) is 6.97. The van der Waals surface area contributed by atoms with E-state index < -0.39 is 0 Å². The van der Waals surface area contributed by atoms with Crippen molar-refractivity contribution in [2.45, 2.75) is 0 Å². The maximum atomic E-state index is 10.8. The van der Waals surface area contributed by atoms with Crippen molar-refractivity contribution in [1.82, 2.24) is 9.78 Å². The maximum Gasteiger partial charge on any atom is 0.170 e. The Labute approximate surface area is 96.2 Å². The van der Waals surface area contributed by atoms with E-state index in [4.69, 9.17) is 23.2 Å². The number of carbonyl (C=O) groups excluding carboxylic acids is 1. The minimum atomic E-state index is 0.332. The summed E-state index contributed by atoms with van der Waals surface area (Å²) in [6.07, 6.45) is 2.10. The van der Waals surface area contributed by atoms with Crippen molar-refractivity contribution in [2.24, 2.45) is 0 Å². The molecular formula is C10H6Cl2N2O. The van der Waals surface area contributed by atoms with Gasteiger partial charge in [-0.3, -0.25) is 4.79 Å². The van der Waals surface area contributed by atoms with Crippen LogP contribution in [-0.2, 0) is 0 Å². The smallest absolute Gasteiger partial charge is 0.170 e. The predicted octanol–water partition coefficient (Wildman–Crippen LogP) is 2.99. The highest BCUT2D eigenvalue weighted by Gasteiger charge is 2.09. The molecule has 0 saturated heterocycles. The molecule has 0 unspecified atom stereocenters. The lowest BCUT2D eigenvalue weighted by atomic mass is 10.3. The van der Waals surface area contributed by atoms with Crippen LogP contribution >= 0.6 is 23.2 Å². The number of benzene rings is 1. The zero-order valence-corrected chi connectivity index (χ0v) is 9.03. The van der Waals surface area contributed by atoms with Gasteiger partial charge in [-0.15, -0.1) is 0 Å². The van der Waals surface area contributed by atoms with E-state index >= 15 is 0 Å². The molecule has 0 aliphatic rings. The van der Waals surface area contributed by atoms with Crippen molar-refractivity contribution in [2.75, 3.05) is 0 Å². The average Bonchev–Trinajstić information content (AvgIpc) is 2.61. The summed E-state index contributed by atoms with van der Waals surface area (Å²) in [5.41, 5.74) is 1.08. The first-order valence-electron chi connectivity index (χ1n) is 4.17. The molecule has 1 heterocycles. The van der Waals surface area contributed by atoms with Crippen LogP contribution < -0.4 is 0 Å². The number of rotatable bonds is 2. The number of hydrogen-bond acceptors (Lipinski definition) is 2. The fourth-order valence-electron chi connectivity index (χ4n) is 1.23. The molecule has 0 aliphatic carbocycles. The van der Waals surface area contributed by atoms with E-state index in [1.54, 1.807) is 24.3 Å². The van der Waals surface area contributed by atoms with Crippen molar-refractivity contribution in [3.8, 4) is 5.69 Å². The van der Waals surface area contributed by atoms with Gasteiger partial charge in [0.1, 0.15) is 5.69 Å². The number of carbonyl (C=O) groups is 1. The highest BCUT2D eigenvalue weighted by molar-refractivity contribution is 6.32. The van der Waals surface area contributed by atoms with E-state index in [9.17, 15) is 4.79 Å². The number of nitrogens with zero attached hydrogens (tertiary/aromatic N) is 2. The second-order valence-electron chi connectivity index (χ2n) is 2.88. The topological polar surface area (TPSA) is 34.9 Å². The van der Waals surface area contributed by atoms with Crippen LogP contribution in [0, 0.1) is 0 Å². The molecule has 0 bridgehead atoms. The number of halogens is 2. The third-order valence-electron chi connectivity index (χ3n) is 1.94. The summed E-state index contributed by atoms with van der Waals surface area (Å²) in [4.78, 5) is 10.8. The van der Waals surface area contributed by atoms with Gasteiger partial charge in [-0.2, -0.15) is 5.10 Å². The van der Waals surface area contributed by atoms with Crippen molar-refractivity contribution >= 4 is 29.5 Å². The molecule has 76 valence electrons. The summed E-state index contributed by atoms with van der Waals surface area (Å²) in [7, 11) is 0. The number of hydrogen-bond donors (Lipinski definition) is 0. The van der Waals surface area contributed by atoms with E-state index in [0.29, 0.717) is 22.0 Å². The van der Waals surface area contributed by atoms with Crippen molar-refractivity contribution in [3.63, 3.8) is 0 Å². The minimum Gasteiger partial charge on any atom is -0.296 e. The third kappa shape index (κ3) is 1.89. The molecule has 0 N–H and O–H groups in total. The first-order chi connectivity index (χ1) is 7.22. The van der Waals surface area contributed by atoms with Gasteiger partial charge in [-0.05, 0) is 24.3 Å². The van der Waals surface area contributed by atoms with E-state index in [-0.39, 0.29) is 0 Å². The molecule has 3 nitrogen and oxygen atoms in total. The van der Waals surface area contributed by atoms with Crippen LogP contribution in [-0.4, -0.2) is 16.1 Å². The molecule has 15 heavy (non-hydrogen) atoms. The van der Waals surface area contributed by atoms with Crippen LogP contribution in [0.3, 0.4) is 0 Å². The van der Waals surface area contributed by atoms with Gasteiger partial charge < -0.3 is 0 Å². The molecule has 0 atom stereocenters. The van der Waals surface area contributed by atoms with Crippen molar-refractivity contribution in [3.05, 3.63) is 46.2 Å². The molecular weight excluding hydrogens is 235 g/mol. The molecule has 0 radical (unpaired) electrons. The number of aldehydes is 1. The van der Waals surface area contributed by atoms with E-state index in [1.807, 2.05) is 0 Å². The zero-order chi connectivity index (χ0) is 10.8. The first kappa shape index (κ1) is 10.2. The Morgan fingerprint density at radius 1 is 1.20 bits per heavy atom. The fraction of sp³-hybridized carbons (Fsp3) is 0. The van der Waals surface area contributed by atoms with Gasteiger partial charge >= 0.3 is 0 Å². The fourth-order valence-corrected chi connectivity index (χ4v) is 1.53. The SMILES string of the molecule is O=Cc1c(Cl)cnn1-c1ccc(Cl)cc1. The quantitative estimate of drug-likeness (QED) is 0.757. The minimum absolute atomic E-state index is 0.332. The summed E-state index contributed by atoms with van der Waals surface area (Å²) in [5.74, 6) is 0. The van der Waals surface area contributed by atoms with Crippen LogP contribution in [0.5, 0.6) is 0 Å². The predicted molar refractivity (Wildman–Crippen MR) is 59.0 cm³/mol. The van der Waals surface area contributed by atoms with Gasteiger partial charge in [0.2, 0.25) is 0 Å².